The average molecular weight is 353 g/mol. The molecule has 4 rings (SSSR count). The van der Waals surface area contributed by atoms with E-state index >= 15 is 0 Å². The van der Waals surface area contributed by atoms with Crippen LogP contribution in [-0.2, 0) is 6.54 Å². The summed E-state index contributed by atoms with van der Waals surface area (Å²) >= 11 is 0. The summed E-state index contributed by atoms with van der Waals surface area (Å²) in [7, 11) is 0. The first-order valence-electron chi connectivity index (χ1n) is 8.79. The highest BCUT2D eigenvalue weighted by atomic mass is 19.1. The molecule has 0 amide bonds. The van der Waals surface area contributed by atoms with E-state index in [1.807, 2.05) is 0 Å². The summed E-state index contributed by atoms with van der Waals surface area (Å²) in [6.45, 7) is 5.93. The second-order valence-corrected chi connectivity index (χ2v) is 6.59. The van der Waals surface area contributed by atoms with Crippen molar-refractivity contribution in [1.82, 2.24) is 4.90 Å². The van der Waals surface area contributed by atoms with Crippen LogP contribution >= 0.6 is 0 Å². The monoisotopic (exact) mass is 353 g/mol. The number of benzene rings is 2. The molecule has 26 heavy (non-hydrogen) atoms. The van der Waals surface area contributed by atoms with Gasteiger partial charge in [-0.3, -0.25) is 9.69 Å². The quantitative estimate of drug-likeness (QED) is 0.697. The van der Waals surface area contributed by atoms with Gasteiger partial charge in [-0.2, -0.15) is 0 Å². The lowest BCUT2D eigenvalue weighted by atomic mass is 10.00. The van der Waals surface area contributed by atoms with Crippen molar-refractivity contribution in [3.05, 3.63) is 63.8 Å². The van der Waals surface area contributed by atoms with Crippen molar-refractivity contribution < 1.29 is 13.5 Å². The standard InChI is InChI=1S/C21H20FNO3/c1-3-10-23-11-16-18(25-12-23)9-8-15-20(24)19(13(2)26-21(15)16)14-6-4-5-7-17(14)22/h4-9H,3,10-12H2,1-2H3. The van der Waals surface area contributed by atoms with Crippen molar-refractivity contribution >= 4 is 11.0 Å². The zero-order chi connectivity index (χ0) is 18.3. The van der Waals surface area contributed by atoms with Crippen molar-refractivity contribution in [2.45, 2.75) is 26.8 Å². The van der Waals surface area contributed by atoms with Crippen LogP contribution in [0, 0.1) is 12.7 Å². The Balaban J connectivity index is 1.93. The molecule has 0 aliphatic carbocycles. The van der Waals surface area contributed by atoms with E-state index in [4.69, 9.17) is 9.15 Å². The van der Waals surface area contributed by atoms with Crippen LogP contribution in [0.4, 0.5) is 4.39 Å². The van der Waals surface area contributed by atoms with Crippen LogP contribution < -0.4 is 10.2 Å². The lowest BCUT2D eigenvalue weighted by Gasteiger charge is -2.29. The molecule has 0 bridgehead atoms. The average Bonchev–Trinajstić information content (AvgIpc) is 2.63. The van der Waals surface area contributed by atoms with E-state index in [-0.39, 0.29) is 16.6 Å². The number of nitrogens with zero attached hydrogens (tertiary/aromatic N) is 1. The highest BCUT2D eigenvalue weighted by Gasteiger charge is 2.24. The molecule has 0 radical (unpaired) electrons. The van der Waals surface area contributed by atoms with Gasteiger partial charge in [-0.1, -0.05) is 25.1 Å². The van der Waals surface area contributed by atoms with Gasteiger partial charge in [0.1, 0.15) is 29.6 Å². The Morgan fingerprint density at radius 2 is 2.00 bits per heavy atom. The molecule has 5 heteroatoms. The molecule has 1 aliphatic rings. The van der Waals surface area contributed by atoms with Crippen LogP contribution in [0.25, 0.3) is 22.1 Å². The third kappa shape index (κ3) is 2.69. The van der Waals surface area contributed by atoms with Crippen molar-refractivity contribution in [1.29, 1.82) is 0 Å². The molecule has 0 atom stereocenters. The molecular formula is C21H20FNO3. The van der Waals surface area contributed by atoms with E-state index in [0.29, 0.717) is 30.0 Å². The van der Waals surface area contributed by atoms with Gasteiger partial charge in [-0.05, 0) is 31.5 Å². The minimum atomic E-state index is -0.433. The van der Waals surface area contributed by atoms with Crippen LogP contribution in [0.1, 0.15) is 24.7 Å². The van der Waals surface area contributed by atoms with Gasteiger partial charge in [0.2, 0.25) is 5.43 Å². The lowest BCUT2D eigenvalue weighted by molar-refractivity contribution is 0.0958. The maximum Gasteiger partial charge on any atom is 0.200 e. The summed E-state index contributed by atoms with van der Waals surface area (Å²) in [4.78, 5) is 15.3. The summed E-state index contributed by atoms with van der Waals surface area (Å²) in [5.74, 6) is 0.720. The van der Waals surface area contributed by atoms with Gasteiger partial charge in [-0.15, -0.1) is 0 Å². The second kappa shape index (κ2) is 6.57. The van der Waals surface area contributed by atoms with Gasteiger partial charge in [0.05, 0.1) is 16.5 Å². The van der Waals surface area contributed by atoms with E-state index < -0.39 is 5.82 Å². The predicted octanol–water partition coefficient (Wildman–Crippen LogP) is 4.47. The van der Waals surface area contributed by atoms with E-state index in [1.54, 1.807) is 37.3 Å². The number of fused-ring (bicyclic) bond motifs is 3. The maximum absolute atomic E-state index is 14.2. The minimum Gasteiger partial charge on any atom is -0.478 e. The predicted molar refractivity (Wildman–Crippen MR) is 98.8 cm³/mol. The number of ether oxygens (including phenoxy) is 1. The highest BCUT2D eigenvalue weighted by Crippen LogP contribution is 2.34. The lowest BCUT2D eigenvalue weighted by Crippen LogP contribution is -2.32. The molecule has 3 aromatic rings. The Bertz CT molecular complexity index is 1040. The Morgan fingerprint density at radius 3 is 2.77 bits per heavy atom. The molecular weight excluding hydrogens is 333 g/mol. The number of halogens is 1. The number of aryl methyl sites for hydroxylation is 1. The fraction of sp³-hybridized carbons (Fsp3) is 0.286. The van der Waals surface area contributed by atoms with Crippen LogP contribution in [0.3, 0.4) is 0 Å². The largest absolute Gasteiger partial charge is 0.478 e. The van der Waals surface area contributed by atoms with Gasteiger partial charge in [0.25, 0.3) is 0 Å². The van der Waals surface area contributed by atoms with Crippen molar-refractivity contribution in [2.75, 3.05) is 13.3 Å². The van der Waals surface area contributed by atoms with Gasteiger partial charge >= 0.3 is 0 Å². The molecule has 1 aromatic heterocycles. The first kappa shape index (κ1) is 16.8. The fourth-order valence-electron chi connectivity index (χ4n) is 3.55. The number of hydrogen-bond donors (Lipinski definition) is 0. The number of hydrogen-bond acceptors (Lipinski definition) is 4. The van der Waals surface area contributed by atoms with Gasteiger partial charge in [0.15, 0.2) is 0 Å². The van der Waals surface area contributed by atoms with Crippen LogP contribution in [0.15, 0.2) is 45.6 Å². The molecule has 0 saturated carbocycles. The van der Waals surface area contributed by atoms with Crippen LogP contribution in [0.5, 0.6) is 5.75 Å². The summed E-state index contributed by atoms with van der Waals surface area (Å²) in [5.41, 5.74) is 1.73. The Kier molecular flexibility index (Phi) is 4.24. The molecule has 0 N–H and O–H groups in total. The molecule has 0 spiro atoms. The molecule has 1 aliphatic heterocycles. The fourth-order valence-corrected chi connectivity index (χ4v) is 3.55. The van der Waals surface area contributed by atoms with E-state index in [9.17, 15) is 9.18 Å². The molecule has 134 valence electrons. The van der Waals surface area contributed by atoms with Crippen LogP contribution in [0.2, 0.25) is 0 Å². The van der Waals surface area contributed by atoms with Crippen LogP contribution in [-0.4, -0.2) is 18.2 Å². The molecule has 2 heterocycles. The van der Waals surface area contributed by atoms with Gasteiger partial charge in [-0.25, -0.2) is 4.39 Å². The number of rotatable bonds is 3. The summed E-state index contributed by atoms with van der Waals surface area (Å²) in [6.07, 6.45) is 1.02. The zero-order valence-electron chi connectivity index (χ0n) is 14.8. The highest BCUT2D eigenvalue weighted by molar-refractivity contribution is 5.86. The zero-order valence-corrected chi connectivity index (χ0v) is 14.8. The summed E-state index contributed by atoms with van der Waals surface area (Å²) in [6, 6.07) is 9.78. The summed E-state index contributed by atoms with van der Waals surface area (Å²) < 4.78 is 26.1. The molecule has 0 unspecified atom stereocenters. The van der Waals surface area contributed by atoms with Gasteiger partial charge < -0.3 is 9.15 Å². The Morgan fingerprint density at radius 1 is 1.19 bits per heavy atom. The van der Waals surface area contributed by atoms with E-state index in [1.165, 1.54) is 6.07 Å². The topological polar surface area (TPSA) is 42.7 Å². The third-order valence-corrected chi connectivity index (χ3v) is 4.76. The first-order chi connectivity index (χ1) is 12.6. The van der Waals surface area contributed by atoms with E-state index in [0.717, 1.165) is 24.3 Å². The Labute approximate surface area is 150 Å². The molecule has 0 saturated heterocycles. The SMILES string of the molecule is CCCN1COc2ccc3c(=O)c(-c4ccccc4F)c(C)oc3c2C1. The molecule has 2 aromatic carbocycles. The normalized spacial score (nSPS) is 14.3. The minimum absolute atomic E-state index is 0.218. The third-order valence-electron chi connectivity index (χ3n) is 4.76. The molecule has 0 fully saturated rings. The van der Waals surface area contributed by atoms with Crippen molar-refractivity contribution in [3.8, 4) is 16.9 Å². The van der Waals surface area contributed by atoms with Gasteiger partial charge in [0, 0.05) is 18.7 Å². The van der Waals surface area contributed by atoms with E-state index in [2.05, 4.69) is 11.8 Å². The first-order valence-corrected chi connectivity index (χ1v) is 8.79. The Hall–Kier alpha value is -2.66. The molecule has 4 nitrogen and oxygen atoms in total. The smallest absolute Gasteiger partial charge is 0.200 e. The second-order valence-electron chi connectivity index (χ2n) is 6.59. The van der Waals surface area contributed by atoms with Crippen molar-refractivity contribution in [2.24, 2.45) is 0 Å². The summed E-state index contributed by atoms with van der Waals surface area (Å²) in [5, 5.41) is 0.453. The van der Waals surface area contributed by atoms with Crippen molar-refractivity contribution in [3.63, 3.8) is 0 Å². The maximum atomic E-state index is 14.2.